The Bertz CT molecular complexity index is 859. The van der Waals surface area contributed by atoms with E-state index >= 15 is 0 Å². The fourth-order valence-corrected chi connectivity index (χ4v) is 2.77. The quantitative estimate of drug-likeness (QED) is 0.608. The van der Waals surface area contributed by atoms with Crippen LogP contribution in [-0.4, -0.2) is 21.3 Å². The lowest BCUT2D eigenvalue weighted by Crippen LogP contribution is -2.00. The SMILES string of the molecule is COc1c[c]c(Cc2cccc(Oc3ccccc3)c2)c(OC)c1OC. The van der Waals surface area contributed by atoms with E-state index in [1.165, 1.54) is 0 Å². The van der Waals surface area contributed by atoms with Crippen LogP contribution in [0.5, 0.6) is 28.7 Å². The summed E-state index contributed by atoms with van der Waals surface area (Å²) < 4.78 is 22.2. The highest BCUT2D eigenvalue weighted by atomic mass is 16.5. The molecule has 0 amide bonds. The van der Waals surface area contributed by atoms with Gasteiger partial charge in [-0.15, -0.1) is 0 Å². The summed E-state index contributed by atoms with van der Waals surface area (Å²) >= 11 is 0. The molecule has 0 atom stereocenters. The minimum absolute atomic E-state index is 0.570. The number of hydrogen-bond donors (Lipinski definition) is 0. The number of methoxy groups -OCH3 is 3. The molecule has 0 unspecified atom stereocenters. The first-order valence-corrected chi connectivity index (χ1v) is 8.26. The van der Waals surface area contributed by atoms with Gasteiger partial charge >= 0.3 is 0 Å². The molecule has 0 aliphatic rings. The van der Waals surface area contributed by atoms with Gasteiger partial charge in [-0.1, -0.05) is 30.3 Å². The Balaban J connectivity index is 1.86. The fraction of sp³-hybridized carbons (Fsp3) is 0.182. The maximum atomic E-state index is 5.91. The van der Waals surface area contributed by atoms with Crippen molar-refractivity contribution in [2.24, 2.45) is 0 Å². The summed E-state index contributed by atoms with van der Waals surface area (Å²) in [5.74, 6) is 3.38. The van der Waals surface area contributed by atoms with E-state index in [0.29, 0.717) is 23.7 Å². The van der Waals surface area contributed by atoms with Crippen LogP contribution in [0.25, 0.3) is 0 Å². The van der Waals surface area contributed by atoms with E-state index in [1.807, 2.05) is 54.6 Å². The number of ether oxygens (including phenoxy) is 4. The summed E-state index contributed by atoms with van der Waals surface area (Å²) in [7, 11) is 4.80. The number of rotatable bonds is 7. The Kier molecular flexibility index (Phi) is 5.64. The summed E-state index contributed by atoms with van der Waals surface area (Å²) in [6.07, 6.45) is 0.634. The third-order valence-corrected chi connectivity index (χ3v) is 3.97. The van der Waals surface area contributed by atoms with Crippen LogP contribution in [0.3, 0.4) is 0 Å². The Morgan fingerprint density at radius 3 is 2.19 bits per heavy atom. The standard InChI is InChI=1S/C22H21O4/c1-23-20-13-12-17(21(24-2)22(20)25-3)14-16-8-7-11-19(15-16)26-18-9-5-4-6-10-18/h4-11,13,15H,14H2,1-3H3. The van der Waals surface area contributed by atoms with Crippen LogP contribution in [0.4, 0.5) is 0 Å². The van der Waals surface area contributed by atoms with Crippen LogP contribution >= 0.6 is 0 Å². The molecule has 0 aromatic heterocycles. The second-order valence-electron chi connectivity index (χ2n) is 5.64. The molecule has 0 spiro atoms. The van der Waals surface area contributed by atoms with Crippen molar-refractivity contribution in [1.82, 2.24) is 0 Å². The van der Waals surface area contributed by atoms with Gasteiger partial charge in [-0.25, -0.2) is 0 Å². The second kappa shape index (κ2) is 8.30. The number of hydrogen-bond acceptors (Lipinski definition) is 4. The minimum Gasteiger partial charge on any atom is -0.493 e. The molecule has 0 N–H and O–H groups in total. The van der Waals surface area contributed by atoms with Gasteiger partial charge in [0.15, 0.2) is 11.5 Å². The zero-order valence-corrected chi connectivity index (χ0v) is 15.1. The van der Waals surface area contributed by atoms with Gasteiger partial charge in [-0.3, -0.25) is 0 Å². The lowest BCUT2D eigenvalue weighted by Gasteiger charge is -2.15. The van der Waals surface area contributed by atoms with Gasteiger partial charge in [0.25, 0.3) is 0 Å². The predicted molar refractivity (Wildman–Crippen MR) is 101 cm³/mol. The molecule has 4 heteroatoms. The molecule has 3 aromatic carbocycles. The van der Waals surface area contributed by atoms with Gasteiger partial charge in [0.05, 0.1) is 21.3 Å². The van der Waals surface area contributed by atoms with Crippen molar-refractivity contribution in [3.05, 3.63) is 77.9 Å². The molecule has 26 heavy (non-hydrogen) atoms. The Morgan fingerprint density at radius 1 is 0.769 bits per heavy atom. The van der Waals surface area contributed by atoms with Crippen molar-refractivity contribution in [3.63, 3.8) is 0 Å². The molecular formula is C22H21O4. The van der Waals surface area contributed by atoms with Gasteiger partial charge in [0, 0.05) is 12.0 Å². The van der Waals surface area contributed by atoms with E-state index in [2.05, 4.69) is 6.07 Å². The summed E-state index contributed by atoms with van der Waals surface area (Å²) in [4.78, 5) is 0. The zero-order valence-electron chi connectivity index (χ0n) is 15.1. The number of benzene rings is 3. The van der Waals surface area contributed by atoms with Gasteiger partial charge in [0.2, 0.25) is 5.75 Å². The molecule has 0 aliphatic heterocycles. The van der Waals surface area contributed by atoms with Gasteiger partial charge in [-0.2, -0.15) is 0 Å². The monoisotopic (exact) mass is 349 g/mol. The lowest BCUT2D eigenvalue weighted by atomic mass is 10.0. The Morgan fingerprint density at radius 2 is 1.50 bits per heavy atom. The van der Waals surface area contributed by atoms with Crippen LogP contribution in [0, 0.1) is 6.07 Å². The third-order valence-electron chi connectivity index (χ3n) is 3.97. The molecule has 1 radical (unpaired) electrons. The van der Waals surface area contributed by atoms with Gasteiger partial charge in [0.1, 0.15) is 11.5 Å². The molecule has 133 valence electrons. The fourth-order valence-electron chi connectivity index (χ4n) is 2.77. The molecule has 0 aliphatic carbocycles. The van der Waals surface area contributed by atoms with E-state index in [-0.39, 0.29) is 0 Å². The average molecular weight is 349 g/mol. The highest BCUT2D eigenvalue weighted by Crippen LogP contribution is 2.40. The molecular weight excluding hydrogens is 328 g/mol. The van der Waals surface area contributed by atoms with Crippen molar-refractivity contribution >= 4 is 0 Å². The first-order chi connectivity index (χ1) is 12.7. The van der Waals surface area contributed by atoms with Gasteiger partial charge < -0.3 is 18.9 Å². The predicted octanol–water partition coefficient (Wildman–Crippen LogP) is 4.90. The molecule has 0 fully saturated rings. The normalized spacial score (nSPS) is 10.3. The first-order valence-electron chi connectivity index (χ1n) is 8.26. The van der Waals surface area contributed by atoms with Crippen LogP contribution in [-0.2, 0) is 6.42 Å². The maximum Gasteiger partial charge on any atom is 0.203 e. The smallest absolute Gasteiger partial charge is 0.203 e. The zero-order chi connectivity index (χ0) is 18.4. The van der Waals surface area contributed by atoms with Crippen LogP contribution in [0.15, 0.2) is 60.7 Å². The van der Waals surface area contributed by atoms with Gasteiger partial charge in [-0.05, 0) is 42.0 Å². The van der Waals surface area contributed by atoms with Crippen LogP contribution in [0.1, 0.15) is 11.1 Å². The van der Waals surface area contributed by atoms with Crippen molar-refractivity contribution in [3.8, 4) is 28.7 Å². The Hall–Kier alpha value is -3.14. The average Bonchev–Trinajstić information content (AvgIpc) is 2.68. The van der Waals surface area contributed by atoms with E-state index in [4.69, 9.17) is 18.9 Å². The van der Waals surface area contributed by atoms with Crippen molar-refractivity contribution in [2.45, 2.75) is 6.42 Å². The van der Waals surface area contributed by atoms with Crippen molar-refractivity contribution in [1.29, 1.82) is 0 Å². The maximum absolute atomic E-state index is 5.91. The molecule has 0 saturated heterocycles. The van der Waals surface area contributed by atoms with Crippen molar-refractivity contribution in [2.75, 3.05) is 21.3 Å². The Labute approximate surface area is 153 Å². The number of para-hydroxylation sites is 1. The summed E-state index contributed by atoms with van der Waals surface area (Å²) in [5.41, 5.74) is 1.97. The lowest BCUT2D eigenvalue weighted by molar-refractivity contribution is 0.322. The van der Waals surface area contributed by atoms with E-state index in [0.717, 1.165) is 22.6 Å². The molecule has 4 nitrogen and oxygen atoms in total. The second-order valence-corrected chi connectivity index (χ2v) is 5.64. The summed E-state index contributed by atoms with van der Waals surface area (Å²) in [5, 5.41) is 0. The topological polar surface area (TPSA) is 36.9 Å². The van der Waals surface area contributed by atoms with Crippen LogP contribution < -0.4 is 18.9 Å². The molecule has 0 saturated carbocycles. The first kappa shape index (κ1) is 17.7. The van der Waals surface area contributed by atoms with E-state index < -0.39 is 0 Å². The van der Waals surface area contributed by atoms with Crippen molar-refractivity contribution < 1.29 is 18.9 Å². The highest BCUT2D eigenvalue weighted by molar-refractivity contribution is 5.56. The van der Waals surface area contributed by atoms with E-state index in [9.17, 15) is 0 Å². The van der Waals surface area contributed by atoms with Crippen LogP contribution in [0.2, 0.25) is 0 Å². The molecule has 0 heterocycles. The third kappa shape index (κ3) is 3.91. The molecule has 3 rings (SSSR count). The van der Waals surface area contributed by atoms with E-state index in [1.54, 1.807) is 27.4 Å². The largest absolute Gasteiger partial charge is 0.493 e. The highest BCUT2D eigenvalue weighted by Gasteiger charge is 2.16. The summed E-state index contributed by atoms with van der Waals surface area (Å²) in [6, 6.07) is 22.7. The molecule has 3 aromatic rings. The minimum atomic E-state index is 0.570. The molecule has 0 bridgehead atoms. The summed E-state index contributed by atoms with van der Waals surface area (Å²) in [6.45, 7) is 0.